The van der Waals surface area contributed by atoms with E-state index in [9.17, 15) is 4.79 Å². The van der Waals surface area contributed by atoms with E-state index in [1.54, 1.807) is 4.90 Å². The Bertz CT molecular complexity index is 211. The van der Waals surface area contributed by atoms with Crippen LogP contribution in [0.2, 0.25) is 0 Å². The average Bonchev–Trinajstić information content (AvgIpc) is 2.05. The largest absolute Gasteiger partial charge is 0.479 e. The van der Waals surface area contributed by atoms with E-state index in [0.29, 0.717) is 19.7 Å². The fourth-order valence-electron chi connectivity index (χ4n) is 1.10. The molecule has 1 aliphatic rings. The molecule has 0 bridgehead atoms. The molecule has 1 unspecified atom stereocenters. The molecule has 12 heavy (non-hydrogen) atoms. The zero-order chi connectivity index (χ0) is 8.97. The molecular weight excluding hydrogens is 160 g/mol. The number of carboxylic acid groups (broad SMARTS) is 1. The molecule has 0 spiro atoms. The summed E-state index contributed by atoms with van der Waals surface area (Å²) in [6.45, 7) is 1.60. The van der Waals surface area contributed by atoms with Crippen molar-refractivity contribution in [3.05, 3.63) is 0 Å². The monoisotopic (exact) mass is 170 g/mol. The van der Waals surface area contributed by atoms with E-state index in [1.807, 2.05) is 6.07 Å². The molecule has 1 heterocycles. The minimum atomic E-state index is -0.961. The van der Waals surface area contributed by atoms with Gasteiger partial charge in [0.2, 0.25) is 0 Å². The zero-order valence-corrected chi connectivity index (χ0v) is 6.56. The number of aliphatic carboxylic acids is 1. The number of nitrogens with zero attached hydrogens (tertiary/aromatic N) is 2. The maximum Gasteiger partial charge on any atom is 0.334 e. The highest BCUT2D eigenvalue weighted by Crippen LogP contribution is 2.04. The Balaban J connectivity index is 2.41. The Morgan fingerprint density at radius 1 is 1.83 bits per heavy atom. The summed E-state index contributed by atoms with van der Waals surface area (Å²) in [4.78, 5) is 12.2. The van der Waals surface area contributed by atoms with E-state index in [4.69, 9.17) is 15.1 Å². The van der Waals surface area contributed by atoms with Crippen molar-refractivity contribution in [1.82, 2.24) is 4.90 Å². The fourth-order valence-corrected chi connectivity index (χ4v) is 1.10. The molecule has 5 nitrogen and oxygen atoms in total. The number of carbonyl (C=O) groups is 1. The maximum absolute atomic E-state index is 10.5. The molecule has 1 rings (SSSR count). The van der Waals surface area contributed by atoms with Crippen molar-refractivity contribution >= 4 is 5.97 Å². The van der Waals surface area contributed by atoms with Gasteiger partial charge in [0.15, 0.2) is 6.10 Å². The average molecular weight is 170 g/mol. The van der Waals surface area contributed by atoms with E-state index in [-0.39, 0.29) is 6.54 Å². The Morgan fingerprint density at radius 2 is 2.58 bits per heavy atom. The van der Waals surface area contributed by atoms with Crippen LogP contribution in [0, 0.1) is 11.3 Å². The van der Waals surface area contributed by atoms with Crippen LogP contribution in [0.25, 0.3) is 0 Å². The quantitative estimate of drug-likeness (QED) is 0.554. The van der Waals surface area contributed by atoms with Gasteiger partial charge in [-0.2, -0.15) is 5.26 Å². The van der Waals surface area contributed by atoms with Gasteiger partial charge < -0.3 is 9.84 Å². The van der Waals surface area contributed by atoms with Gasteiger partial charge in [-0.05, 0) is 0 Å². The second-order valence-electron chi connectivity index (χ2n) is 2.59. The smallest absolute Gasteiger partial charge is 0.334 e. The number of nitriles is 1. The van der Waals surface area contributed by atoms with Crippen molar-refractivity contribution in [2.24, 2.45) is 0 Å². The van der Waals surface area contributed by atoms with Gasteiger partial charge >= 0.3 is 5.97 Å². The standard InChI is InChI=1S/C7H10N2O3/c8-1-2-9-3-4-12-6(5-9)7(10)11/h6H,2-5H2,(H,10,11). The van der Waals surface area contributed by atoms with Crippen molar-refractivity contribution in [2.75, 3.05) is 26.2 Å². The normalized spacial score (nSPS) is 24.8. The highest BCUT2D eigenvalue weighted by molar-refractivity contribution is 5.72. The molecule has 1 N–H and O–H groups in total. The van der Waals surface area contributed by atoms with E-state index in [2.05, 4.69) is 0 Å². The molecule has 1 saturated heterocycles. The number of hydrogen-bond acceptors (Lipinski definition) is 4. The summed E-state index contributed by atoms with van der Waals surface area (Å²) in [5, 5.41) is 17.0. The minimum Gasteiger partial charge on any atom is -0.479 e. The van der Waals surface area contributed by atoms with Crippen molar-refractivity contribution in [2.45, 2.75) is 6.10 Å². The van der Waals surface area contributed by atoms with Gasteiger partial charge in [-0.1, -0.05) is 0 Å². The second-order valence-corrected chi connectivity index (χ2v) is 2.59. The second kappa shape index (κ2) is 4.04. The van der Waals surface area contributed by atoms with Crippen LogP contribution in [-0.4, -0.2) is 48.3 Å². The summed E-state index contributed by atoms with van der Waals surface area (Å²) in [5.41, 5.74) is 0. The highest BCUT2D eigenvalue weighted by Gasteiger charge is 2.25. The SMILES string of the molecule is N#CCN1CCOC(C(=O)O)C1. The Kier molecular flexibility index (Phi) is 3.02. The number of rotatable bonds is 2. The maximum atomic E-state index is 10.5. The molecule has 66 valence electrons. The lowest BCUT2D eigenvalue weighted by molar-refractivity contribution is -0.155. The number of morpholine rings is 1. The number of carboxylic acids is 1. The van der Waals surface area contributed by atoms with Crippen LogP contribution in [-0.2, 0) is 9.53 Å². The first-order valence-electron chi connectivity index (χ1n) is 3.67. The van der Waals surface area contributed by atoms with Crippen molar-refractivity contribution in [3.63, 3.8) is 0 Å². The van der Waals surface area contributed by atoms with Crippen LogP contribution < -0.4 is 0 Å². The zero-order valence-electron chi connectivity index (χ0n) is 6.56. The molecule has 0 saturated carbocycles. The summed E-state index contributed by atoms with van der Waals surface area (Å²) in [6.07, 6.45) is -0.771. The van der Waals surface area contributed by atoms with Gasteiger partial charge in [0.05, 0.1) is 19.2 Å². The summed E-state index contributed by atoms with van der Waals surface area (Å²) in [6, 6.07) is 1.97. The van der Waals surface area contributed by atoms with Crippen molar-refractivity contribution < 1.29 is 14.6 Å². The molecule has 0 aromatic rings. The van der Waals surface area contributed by atoms with Gasteiger partial charge in [-0.25, -0.2) is 4.79 Å². The molecular formula is C7H10N2O3. The molecule has 0 amide bonds. The summed E-state index contributed by atoms with van der Waals surface area (Å²) >= 11 is 0. The third kappa shape index (κ3) is 2.19. The summed E-state index contributed by atoms with van der Waals surface area (Å²) in [7, 11) is 0. The van der Waals surface area contributed by atoms with Gasteiger partial charge in [0.25, 0.3) is 0 Å². The Morgan fingerprint density at radius 3 is 3.17 bits per heavy atom. The Labute approximate surface area is 70.1 Å². The molecule has 1 atom stereocenters. The first-order valence-corrected chi connectivity index (χ1v) is 3.67. The highest BCUT2D eigenvalue weighted by atomic mass is 16.5. The van der Waals surface area contributed by atoms with Crippen LogP contribution in [0.15, 0.2) is 0 Å². The third-order valence-electron chi connectivity index (χ3n) is 1.72. The predicted octanol–water partition coefficient (Wildman–Crippen LogP) is -0.705. The van der Waals surface area contributed by atoms with Crippen LogP contribution in [0.3, 0.4) is 0 Å². The first-order chi connectivity index (χ1) is 5.74. The topological polar surface area (TPSA) is 73.6 Å². The lowest BCUT2D eigenvalue weighted by atomic mass is 10.3. The van der Waals surface area contributed by atoms with E-state index in [1.165, 1.54) is 0 Å². The van der Waals surface area contributed by atoms with Crippen molar-refractivity contribution in [1.29, 1.82) is 5.26 Å². The van der Waals surface area contributed by atoms with Crippen LogP contribution in [0.5, 0.6) is 0 Å². The lowest BCUT2D eigenvalue weighted by Gasteiger charge is -2.28. The van der Waals surface area contributed by atoms with Gasteiger partial charge in [-0.3, -0.25) is 4.90 Å². The van der Waals surface area contributed by atoms with Gasteiger partial charge in [-0.15, -0.1) is 0 Å². The fraction of sp³-hybridized carbons (Fsp3) is 0.714. The van der Waals surface area contributed by atoms with Gasteiger partial charge in [0.1, 0.15) is 0 Å². The molecule has 0 aromatic heterocycles. The molecule has 1 fully saturated rings. The molecule has 0 aromatic carbocycles. The lowest BCUT2D eigenvalue weighted by Crippen LogP contribution is -2.46. The first kappa shape index (κ1) is 8.97. The molecule has 5 heteroatoms. The molecule has 0 radical (unpaired) electrons. The summed E-state index contributed by atoms with van der Waals surface area (Å²) < 4.78 is 4.97. The van der Waals surface area contributed by atoms with Crippen LogP contribution in [0.1, 0.15) is 0 Å². The summed E-state index contributed by atoms with van der Waals surface area (Å²) in [5.74, 6) is -0.961. The molecule has 1 aliphatic heterocycles. The van der Waals surface area contributed by atoms with Crippen molar-refractivity contribution in [3.8, 4) is 6.07 Å². The van der Waals surface area contributed by atoms with Gasteiger partial charge in [0, 0.05) is 13.1 Å². The van der Waals surface area contributed by atoms with E-state index in [0.717, 1.165) is 0 Å². The predicted molar refractivity (Wildman–Crippen MR) is 39.4 cm³/mol. The van der Waals surface area contributed by atoms with Crippen LogP contribution in [0.4, 0.5) is 0 Å². The van der Waals surface area contributed by atoms with E-state index < -0.39 is 12.1 Å². The third-order valence-corrected chi connectivity index (χ3v) is 1.72. The number of hydrogen-bond donors (Lipinski definition) is 1. The number of ether oxygens (including phenoxy) is 1. The Hall–Kier alpha value is -1.12. The molecule has 0 aliphatic carbocycles. The minimum absolute atomic E-state index is 0.271. The van der Waals surface area contributed by atoms with Crippen LogP contribution >= 0.6 is 0 Å². The van der Waals surface area contributed by atoms with E-state index >= 15 is 0 Å².